The van der Waals surface area contributed by atoms with Crippen molar-refractivity contribution in [3.8, 4) is 0 Å². The monoisotopic (exact) mass is 358 g/mol. The largest absolute Gasteiger partial charge is 0.465 e. The maximum atomic E-state index is 5.97. The minimum Gasteiger partial charge on any atom is -0.465 e. The molecule has 0 bridgehead atoms. The first kappa shape index (κ1) is 16.3. The number of nitrogens with one attached hydrogen (secondary N) is 1. The van der Waals surface area contributed by atoms with Crippen molar-refractivity contribution in [2.24, 2.45) is 0 Å². The van der Waals surface area contributed by atoms with Crippen LogP contribution in [0, 0.1) is 13.8 Å². The second-order valence-corrected chi connectivity index (χ2v) is 7.26. The third kappa shape index (κ3) is 2.75. The zero-order valence-electron chi connectivity index (χ0n) is 15.6. The number of imidazole rings is 1. The van der Waals surface area contributed by atoms with Gasteiger partial charge in [-0.3, -0.25) is 9.88 Å². The van der Waals surface area contributed by atoms with Crippen molar-refractivity contribution in [1.82, 2.24) is 19.9 Å². The van der Waals surface area contributed by atoms with Crippen molar-refractivity contribution in [1.29, 1.82) is 0 Å². The second kappa shape index (κ2) is 6.35. The molecule has 1 N–H and O–H groups in total. The van der Waals surface area contributed by atoms with E-state index >= 15 is 0 Å². The summed E-state index contributed by atoms with van der Waals surface area (Å²) in [5.41, 5.74) is 5.75. The van der Waals surface area contributed by atoms with Gasteiger partial charge in [0.25, 0.3) is 0 Å². The van der Waals surface area contributed by atoms with E-state index in [9.17, 15) is 0 Å². The predicted octanol–water partition coefficient (Wildman–Crippen LogP) is 4.32. The van der Waals surface area contributed by atoms with Gasteiger partial charge in [-0.25, -0.2) is 4.98 Å². The number of furan rings is 1. The molecule has 0 amide bonds. The lowest BCUT2D eigenvalue weighted by Crippen LogP contribution is -2.36. The number of aromatic nitrogens is 3. The quantitative estimate of drug-likeness (QED) is 0.593. The van der Waals surface area contributed by atoms with Gasteiger partial charge in [0.15, 0.2) is 0 Å². The molecule has 5 heteroatoms. The van der Waals surface area contributed by atoms with Gasteiger partial charge in [-0.1, -0.05) is 24.3 Å². The van der Waals surface area contributed by atoms with Gasteiger partial charge in [0.05, 0.1) is 30.1 Å². The molecular weight excluding hydrogens is 336 g/mol. The van der Waals surface area contributed by atoms with Crippen molar-refractivity contribution in [3.05, 3.63) is 83.0 Å². The van der Waals surface area contributed by atoms with E-state index in [4.69, 9.17) is 4.42 Å². The van der Waals surface area contributed by atoms with Crippen LogP contribution in [-0.4, -0.2) is 26.4 Å². The number of H-pyrrole nitrogens is 1. The fourth-order valence-corrected chi connectivity index (χ4v) is 4.12. The van der Waals surface area contributed by atoms with Crippen LogP contribution in [0.3, 0.4) is 0 Å². The minimum absolute atomic E-state index is 0.0595. The first-order valence-corrected chi connectivity index (χ1v) is 9.36. The molecule has 0 spiro atoms. The van der Waals surface area contributed by atoms with Crippen molar-refractivity contribution < 1.29 is 4.42 Å². The van der Waals surface area contributed by atoms with Gasteiger partial charge in [-0.05, 0) is 31.5 Å². The number of para-hydroxylation sites is 1. The molecule has 0 saturated carbocycles. The summed E-state index contributed by atoms with van der Waals surface area (Å²) >= 11 is 0. The molecule has 27 heavy (non-hydrogen) atoms. The summed E-state index contributed by atoms with van der Waals surface area (Å²) < 4.78 is 5.97. The van der Waals surface area contributed by atoms with Gasteiger partial charge in [0.2, 0.25) is 0 Å². The first-order chi connectivity index (χ1) is 13.2. The van der Waals surface area contributed by atoms with Gasteiger partial charge < -0.3 is 9.40 Å². The molecule has 1 aromatic carbocycles. The molecule has 5 rings (SSSR count). The van der Waals surface area contributed by atoms with E-state index in [1.54, 1.807) is 6.33 Å². The van der Waals surface area contributed by atoms with Gasteiger partial charge in [0.1, 0.15) is 11.5 Å². The summed E-state index contributed by atoms with van der Waals surface area (Å²) in [4.78, 5) is 15.1. The van der Waals surface area contributed by atoms with Crippen LogP contribution in [0.25, 0.3) is 10.9 Å². The molecule has 1 aliphatic heterocycles. The Morgan fingerprint density at radius 1 is 1.19 bits per heavy atom. The molecular formula is C22H22N4O. The number of pyridine rings is 1. The van der Waals surface area contributed by atoms with Crippen molar-refractivity contribution in [3.63, 3.8) is 0 Å². The molecule has 0 aliphatic carbocycles. The Morgan fingerprint density at radius 2 is 2.07 bits per heavy atom. The highest BCUT2D eigenvalue weighted by molar-refractivity contribution is 5.82. The van der Waals surface area contributed by atoms with E-state index in [1.165, 1.54) is 16.8 Å². The fraction of sp³-hybridized carbons (Fsp3) is 0.273. The predicted molar refractivity (Wildman–Crippen MR) is 104 cm³/mol. The lowest BCUT2D eigenvalue weighted by Gasteiger charge is -2.35. The molecule has 0 radical (unpaired) electrons. The molecule has 4 aromatic rings. The Labute approximate surface area is 158 Å². The maximum absolute atomic E-state index is 5.97. The molecule has 3 aromatic heterocycles. The zero-order chi connectivity index (χ0) is 18.4. The summed E-state index contributed by atoms with van der Waals surface area (Å²) in [5.74, 6) is 1.99. The number of hydrogen-bond donors (Lipinski definition) is 1. The van der Waals surface area contributed by atoms with E-state index in [0.717, 1.165) is 47.6 Å². The van der Waals surface area contributed by atoms with Crippen molar-refractivity contribution >= 4 is 10.9 Å². The second-order valence-electron chi connectivity index (χ2n) is 7.26. The number of rotatable bonds is 3. The van der Waals surface area contributed by atoms with E-state index < -0.39 is 0 Å². The maximum Gasteiger partial charge on any atom is 0.118 e. The minimum atomic E-state index is 0.0595. The SMILES string of the molecule is Cc1cc(CN2CCc3[nH]cnc3[C@H]2c2cccc3cccnc23)oc1C. The van der Waals surface area contributed by atoms with Crippen LogP contribution in [0.4, 0.5) is 0 Å². The number of benzene rings is 1. The van der Waals surface area contributed by atoms with E-state index in [2.05, 4.69) is 57.1 Å². The van der Waals surface area contributed by atoms with Crippen LogP contribution >= 0.6 is 0 Å². The Balaban J connectivity index is 1.62. The van der Waals surface area contributed by atoms with Gasteiger partial charge >= 0.3 is 0 Å². The summed E-state index contributed by atoms with van der Waals surface area (Å²) in [6.07, 6.45) is 4.63. The zero-order valence-corrected chi connectivity index (χ0v) is 15.6. The number of hydrogen-bond acceptors (Lipinski definition) is 4. The molecule has 0 unspecified atom stereocenters. The first-order valence-electron chi connectivity index (χ1n) is 9.36. The molecule has 4 heterocycles. The van der Waals surface area contributed by atoms with Crippen LogP contribution in [0.5, 0.6) is 0 Å². The Hall–Kier alpha value is -2.92. The average molecular weight is 358 g/mol. The van der Waals surface area contributed by atoms with Gasteiger partial charge in [-0.15, -0.1) is 0 Å². The number of aryl methyl sites for hydroxylation is 2. The molecule has 136 valence electrons. The van der Waals surface area contributed by atoms with E-state index in [0.29, 0.717) is 0 Å². The Kier molecular flexibility index (Phi) is 3.83. The Morgan fingerprint density at radius 3 is 2.93 bits per heavy atom. The van der Waals surface area contributed by atoms with Crippen molar-refractivity contribution in [2.45, 2.75) is 32.9 Å². The lowest BCUT2D eigenvalue weighted by atomic mass is 9.93. The normalized spacial score (nSPS) is 17.3. The Bertz CT molecular complexity index is 1090. The van der Waals surface area contributed by atoms with Gasteiger partial charge in [-0.2, -0.15) is 0 Å². The number of fused-ring (bicyclic) bond motifs is 2. The van der Waals surface area contributed by atoms with Crippen LogP contribution in [0.1, 0.15) is 40.1 Å². The average Bonchev–Trinajstić information content (AvgIpc) is 3.28. The number of nitrogens with zero attached hydrogens (tertiary/aromatic N) is 3. The summed E-state index contributed by atoms with van der Waals surface area (Å²) in [7, 11) is 0. The summed E-state index contributed by atoms with van der Waals surface area (Å²) in [5, 5.41) is 1.15. The molecule has 0 fully saturated rings. The van der Waals surface area contributed by atoms with E-state index in [-0.39, 0.29) is 6.04 Å². The lowest BCUT2D eigenvalue weighted by molar-refractivity contribution is 0.185. The highest BCUT2D eigenvalue weighted by atomic mass is 16.3. The van der Waals surface area contributed by atoms with Gasteiger partial charge in [0, 0.05) is 35.8 Å². The van der Waals surface area contributed by atoms with Crippen LogP contribution in [-0.2, 0) is 13.0 Å². The van der Waals surface area contributed by atoms with Crippen molar-refractivity contribution in [2.75, 3.05) is 6.54 Å². The molecule has 5 nitrogen and oxygen atoms in total. The van der Waals surface area contributed by atoms with Crippen LogP contribution in [0.15, 0.2) is 53.3 Å². The van der Waals surface area contributed by atoms with Crippen LogP contribution in [0.2, 0.25) is 0 Å². The standard InChI is InChI=1S/C22H22N4O/c1-14-11-17(27-15(14)2)12-26-10-8-19-21(25-13-24-19)22(26)18-7-3-5-16-6-4-9-23-20(16)18/h3-7,9,11,13,22H,8,10,12H2,1-2H3,(H,24,25)/t22-/m1/s1. The summed E-state index contributed by atoms with van der Waals surface area (Å²) in [6.45, 7) is 5.82. The molecule has 1 aliphatic rings. The highest BCUT2D eigenvalue weighted by Crippen LogP contribution is 2.37. The number of aromatic amines is 1. The summed E-state index contributed by atoms with van der Waals surface area (Å²) in [6, 6.07) is 12.7. The fourth-order valence-electron chi connectivity index (χ4n) is 4.12. The third-order valence-corrected chi connectivity index (χ3v) is 5.56. The van der Waals surface area contributed by atoms with Crippen LogP contribution < -0.4 is 0 Å². The third-order valence-electron chi connectivity index (χ3n) is 5.56. The van der Waals surface area contributed by atoms with E-state index in [1.807, 2.05) is 19.2 Å². The molecule has 0 saturated heterocycles. The highest BCUT2D eigenvalue weighted by Gasteiger charge is 2.33. The molecule has 1 atom stereocenters. The smallest absolute Gasteiger partial charge is 0.118 e. The topological polar surface area (TPSA) is 58.0 Å².